The molecule has 116 valence electrons. The summed E-state index contributed by atoms with van der Waals surface area (Å²) in [7, 11) is 0. The summed E-state index contributed by atoms with van der Waals surface area (Å²) >= 11 is 0. The zero-order chi connectivity index (χ0) is 15.5. The average molecular weight is 300 g/mol. The Balaban J connectivity index is 2.12. The molecule has 0 radical (unpaired) electrons. The Kier molecular flexibility index (Phi) is 4.20. The molecule has 3 rings (SSSR count). The molecule has 0 bridgehead atoms. The summed E-state index contributed by atoms with van der Waals surface area (Å²) in [5, 5.41) is 16.1. The fourth-order valence-corrected chi connectivity index (χ4v) is 3.22. The SMILES string of the molecule is CCCN(c1ccc([N+](=O)[O-])c2cnccc12)C1CCNC1. The van der Waals surface area contributed by atoms with Crippen molar-refractivity contribution < 1.29 is 4.92 Å². The molecule has 1 atom stereocenters. The van der Waals surface area contributed by atoms with Crippen LogP contribution in [-0.4, -0.2) is 35.6 Å². The molecular weight excluding hydrogens is 280 g/mol. The Morgan fingerprint density at radius 3 is 2.95 bits per heavy atom. The van der Waals surface area contributed by atoms with Crippen LogP contribution in [0.15, 0.2) is 30.6 Å². The number of nitro groups is 1. The quantitative estimate of drug-likeness (QED) is 0.679. The number of benzene rings is 1. The smallest absolute Gasteiger partial charge is 0.278 e. The third-order valence-electron chi connectivity index (χ3n) is 4.22. The van der Waals surface area contributed by atoms with Crippen molar-refractivity contribution in [2.45, 2.75) is 25.8 Å². The van der Waals surface area contributed by atoms with Crippen molar-refractivity contribution in [3.05, 3.63) is 40.7 Å². The highest BCUT2D eigenvalue weighted by atomic mass is 16.6. The second-order valence-corrected chi connectivity index (χ2v) is 5.62. The molecule has 1 aliphatic heterocycles. The molecule has 1 saturated heterocycles. The number of nitrogens with zero attached hydrogens (tertiary/aromatic N) is 3. The van der Waals surface area contributed by atoms with Crippen LogP contribution in [0.2, 0.25) is 0 Å². The average Bonchev–Trinajstić information content (AvgIpc) is 3.05. The van der Waals surface area contributed by atoms with E-state index in [-0.39, 0.29) is 10.6 Å². The minimum Gasteiger partial charge on any atom is -0.367 e. The van der Waals surface area contributed by atoms with E-state index in [4.69, 9.17) is 0 Å². The van der Waals surface area contributed by atoms with Gasteiger partial charge in [0.05, 0.1) is 10.3 Å². The number of hydrogen-bond donors (Lipinski definition) is 1. The molecule has 0 saturated carbocycles. The largest absolute Gasteiger partial charge is 0.367 e. The number of pyridine rings is 1. The summed E-state index contributed by atoms with van der Waals surface area (Å²) in [6.45, 7) is 5.09. The van der Waals surface area contributed by atoms with Gasteiger partial charge in [-0.15, -0.1) is 0 Å². The van der Waals surface area contributed by atoms with Gasteiger partial charge in [0, 0.05) is 48.7 Å². The molecule has 0 aliphatic carbocycles. The first-order valence-electron chi connectivity index (χ1n) is 7.71. The molecule has 0 spiro atoms. The maximum Gasteiger partial charge on any atom is 0.278 e. The molecule has 0 amide bonds. The summed E-state index contributed by atoms with van der Waals surface area (Å²) in [4.78, 5) is 17.3. The van der Waals surface area contributed by atoms with Gasteiger partial charge in [-0.25, -0.2) is 0 Å². The number of fused-ring (bicyclic) bond motifs is 1. The lowest BCUT2D eigenvalue weighted by molar-refractivity contribution is -0.383. The van der Waals surface area contributed by atoms with Gasteiger partial charge in [-0.05, 0) is 31.5 Å². The second kappa shape index (κ2) is 6.27. The van der Waals surface area contributed by atoms with Gasteiger partial charge in [0.15, 0.2) is 0 Å². The van der Waals surface area contributed by atoms with Crippen molar-refractivity contribution in [2.24, 2.45) is 0 Å². The van der Waals surface area contributed by atoms with Crippen molar-refractivity contribution in [2.75, 3.05) is 24.5 Å². The summed E-state index contributed by atoms with van der Waals surface area (Å²) in [6, 6.07) is 5.81. The fraction of sp³-hybridized carbons (Fsp3) is 0.438. The molecule has 1 N–H and O–H groups in total. The van der Waals surface area contributed by atoms with Gasteiger partial charge in [-0.1, -0.05) is 6.92 Å². The van der Waals surface area contributed by atoms with E-state index in [1.807, 2.05) is 12.1 Å². The van der Waals surface area contributed by atoms with Gasteiger partial charge < -0.3 is 10.2 Å². The van der Waals surface area contributed by atoms with Crippen LogP contribution in [0.3, 0.4) is 0 Å². The number of hydrogen-bond acceptors (Lipinski definition) is 5. The highest BCUT2D eigenvalue weighted by molar-refractivity contribution is 5.99. The predicted octanol–water partition coefficient (Wildman–Crippen LogP) is 2.72. The number of nitrogens with one attached hydrogen (secondary N) is 1. The first-order chi connectivity index (χ1) is 10.7. The molecule has 1 aliphatic rings. The van der Waals surface area contributed by atoms with Crippen LogP contribution >= 0.6 is 0 Å². The maximum absolute atomic E-state index is 11.2. The second-order valence-electron chi connectivity index (χ2n) is 5.62. The van der Waals surface area contributed by atoms with Gasteiger partial charge in [0.2, 0.25) is 0 Å². The highest BCUT2D eigenvalue weighted by Gasteiger charge is 2.25. The van der Waals surface area contributed by atoms with E-state index in [9.17, 15) is 10.1 Å². The van der Waals surface area contributed by atoms with Crippen LogP contribution in [0.4, 0.5) is 11.4 Å². The van der Waals surface area contributed by atoms with Crippen molar-refractivity contribution >= 4 is 22.1 Å². The zero-order valence-electron chi connectivity index (χ0n) is 12.7. The maximum atomic E-state index is 11.2. The number of rotatable bonds is 5. The predicted molar refractivity (Wildman–Crippen MR) is 87.3 cm³/mol. The van der Waals surface area contributed by atoms with Crippen LogP contribution in [0, 0.1) is 10.1 Å². The summed E-state index contributed by atoms with van der Waals surface area (Å²) in [5.74, 6) is 0. The van der Waals surface area contributed by atoms with E-state index >= 15 is 0 Å². The van der Waals surface area contributed by atoms with E-state index in [1.165, 1.54) is 0 Å². The number of non-ortho nitro benzene ring substituents is 1. The van der Waals surface area contributed by atoms with Gasteiger partial charge in [0.1, 0.15) is 0 Å². The Morgan fingerprint density at radius 2 is 2.27 bits per heavy atom. The van der Waals surface area contributed by atoms with Crippen LogP contribution in [-0.2, 0) is 0 Å². The Morgan fingerprint density at radius 1 is 1.41 bits per heavy atom. The lowest BCUT2D eigenvalue weighted by Gasteiger charge is -2.31. The highest BCUT2D eigenvalue weighted by Crippen LogP contribution is 2.34. The van der Waals surface area contributed by atoms with Gasteiger partial charge in [-0.3, -0.25) is 15.1 Å². The normalized spacial score (nSPS) is 17.8. The van der Waals surface area contributed by atoms with E-state index < -0.39 is 0 Å². The van der Waals surface area contributed by atoms with Crippen LogP contribution in [0.25, 0.3) is 10.8 Å². The fourth-order valence-electron chi connectivity index (χ4n) is 3.22. The topological polar surface area (TPSA) is 71.3 Å². The standard InChI is InChI=1S/C16H20N4O2/c1-2-9-19(12-5-7-17-10-12)15-3-4-16(20(21)22)14-11-18-8-6-13(14)15/h3-4,6,8,11-12,17H,2,5,7,9-10H2,1H3. The van der Waals surface area contributed by atoms with Crippen LogP contribution in [0.1, 0.15) is 19.8 Å². The molecule has 6 nitrogen and oxygen atoms in total. The van der Waals surface area contributed by atoms with E-state index in [2.05, 4.69) is 22.1 Å². The molecule has 2 aromatic rings. The molecule has 2 heterocycles. The van der Waals surface area contributed by atoms with Crippen molar-refractivity contribution in [1.29, 1.82) is 0 Å². The molecule has 22 heavy (non-hydrogen) atoms. The van der Waals surface area contributed by atoms with Crippen molar-refractivity contribution in [3.8, 4) is 0 Å². The minimum absolute atomic E-state index is 0.118. The molecular formula is C16H20N4O2. The Hall–Kier alpha value is -2.21. The number of aromatic nitrogens is 1. The third-order valence-corrected chi connectivity index (χ3v) is 4.22. The Bertz CT molecular complexity index is 683. The van der Waals surface area contributed by atoms with Gasteiger partial charge in [0.25, 0.3) is 5.69 Å². The lowest BCUT2D eigenvalue weighted by atomic mass is 10.1. The lowest BCUT2D eigenvalue weighted by Crippen LogP contribution is -2.37. The van der Waals surface area contributed by atoms with Crippen molar-refractivity contribution in [3.63, 3.8) is 0 Å². The molecule has 1 aromatic heterocycles. The van der Waals surface area contributed by atoms with E-state index in [0.29, 0.717) is 11.4 Å². The molecule has 1 aromatic carbocycles. The van der Waals surface area contributed by atoms with Crippen LogP contribution < -0.4 is 10.2 Å². The first kappa shape index (κ1) is 14.7. The minimum atomic E-state index is -0.338. The number of anilines is 1. The first-order valence-corrected chi connectivity index (χ1v) is 7.71. The molecule has 6 heteroatoms. The molecule has 1 unspecified atom stereocenters. The van der Waals surface area contributed by atoms with E-state index in [0.717, 1.165) is 43.5 Å². The summed E-state index contributed by atoms with van der Waals surface area (Å²) in [5.41, 5.74) is 1.19. The van der Waals surface area contributed by atoms with Crippen LogP contribution in [0.5, 0.6) is 0 Å². The third kappa shape index (κ3) is 2.62. The van der Waals surface area contributed by atoms with Gasteiger partial charge >= 0.3 is 0 Å². The van der Waals surface area contributed by atoms with E-state index in [1.54, 1.807) is 18.5 Å². The summed E-state index contributed by atoms with van der Waals surface area (Å²) in [6.07, 6.45) is 5.43. The molecule has 1 fully saturated rings. The van der Waals surface area contributed by atoms with Crippen molar-refractivity contribution in [1.82, 2.24) is 10.3 Å². The monoisotopic (exact) mass is 300 g/mol. The number of nitro benzene ring substituents is 1. The Labute approximate surface area is 129 Å². The zero-order valence-corrected chi connectivity index (χ0v) is 12.7. The summed E-state index contributed by atoms with van der Waals surface area (Å²) < 4.78 is 0. The van der Waals surface area contributed by atoms with Gasteiger partial charge in [-0.2, -0.15) is 0 Å².